The minimum absolute atomic E-state index is 0.277. The van der Waals surface area contributed by atoms with Crippen LogP contribution in [0, 0.1) is 6.92 Å². The van der Waals surface area contributed by atoms with Gasteiger partial charge in [0.25, 0.3) is 0 Å². The smallest absolute Gasteiger partial charge is 0.323 e. The highest BCUT2D eigenvalue weighted by molar-refractivity contribution is 6.01. The minimum Gasteiger partial charge on any atom is -0.494 e. The Bertz CT molecular complexity index is 925. The molecule has 124 valence electrons. The van der Waals surface area contributed by atoms with Crippen LogP contribution in [0.1, 0.15) is 12.5 Å². The molecule has 7 nitrogen and oxygen atoms in total. The van der Waals surface area contributed by atoms with E-state index < -0.39 is 0 Å². The average Bonchev–Trinajstić information content (AvgIpc) is 2.89. The third-order valence-corrected chi connectivity index (χ3v) is 3.53. The molecule has 1 heterocycles. The van der Waals surface area contributed by atoms with Crippen LogP contribution in [-0.4, -0.2) is 22.6 Å². The first kappa shape index (κ1) is 15.7. The van der Waals surface area contributed by atoms with Gasteiger partial charge in [-0.3, -0.25) is 0 Å². The van der Waals surface area contributed by atoms with E-state index in [-0.39, 0.29) is 11.7 Å². The minimum atomic E-state index is -0.362. The van der Waals surface area contributed by atoms with Crippen LogP contribution in [0.3, 0.4) is 0 Å². The molecule has 0 bridgehead atoms. The van der Waals surface area contributed by atoms with Crippen molar-refractivity contribution in [1.82, 2.24) is 9.97 Å². The number of nitrogens with one attached hydrogen (secondary N) is 4. The Kier molecular flexibility index (Phi) is 4.24. The summed E-state index contributed by atoms with van der Waals surface area (Å²) in [6.45, 7) is 4.37. The third-order valence-electron chi connectivity index (χ3n) is 3.53. The van der Waals surface area contributed by atoms with Gasteiger partial charge in [-0.1, -0.05) is 0 Å². The quantitative estimate of drug-likeness (QED) is 0.592. The predicted molar refractivity (Wildman–Crippen MR) is 93.9 cm³/mol. The fraction of sp³-hybridized carbons (Fsp3) is 0.176. The molecule has 0 aliphatic carbocycles. The maximum absolute atomic E-state index is 12.2. The van der Waals surface area contributed by atoms with Gasteiger partial charge in [0.15, 0.2) is 0 Å². The van der Waals surface area contributed by atoms with Gasteiger partial charge in [0, 0.05) is 11.4 Å². The van der Waals surface area contributed by atoms with Crippen molar-refractivity contribution in [2.75, 3.05) is 17.2 Å². The van der Waals surface area contributed by atoms with Crippen LogP contribution in [-0.2, 0) is 0 Å². The van der Waals surface area contributed by atoms with E-state index in [4.69, 9.17) is 4.74 Å². The summed E-state index contributed by atoms with van der Waals surface area (Å²) in [6.07, 6.45) is 0. The summed E-state index contributed by atoms with van der Waals surface area (Å²) in [4.78, 5) is 28.8. The zero-order valence-electron chi connectivity index (χ0n) is 13.4. The van der Waals surface area contributed by atoms with E-state index >= 15 is 0 Å². The molecule has 0 radical (unpaired) electrons. The normalized spacial score (nSPS) is 10.6. The first-order chi connectivity index (χ1) is 11.5. The van der Waals surface area contributed by atoms with Crippen LogP contribution in [0.15, 0.2) is 41.2 Å². The second kappa shape index (κ2) is 6.49. The van der Waals surface area contributed by atoms with Crippen LogP contribution >= 0.6 is 0 Å². The first-order valence-corrected chi connectivity index (χ1v) is 7.58. The number of aryl methyl sites for hydroxylation is 1. The second-order valence-corrected chi connectivity index (χ2v) is 5.33. The molecule has 3 rings (SSSR count). The molecule has 0 fully saturated rings. The van der Waals surface area contributed by atoms with Gasteiger partial charge in [0.1, 0.15) is 5.75 Å². The number of ether oxygens (including phenoxy) is 1. The van der Waals surface area contributed by atoms with E-state index in [1.807, 2.05) is 13.8 Å². The van der Waals surface area contributed by atoms with E-state index in [2.05, 4.69) is 20.6 Å². The van der Waals surface area contributed by atoms with Crippen LogP contribution < -0.4 is 21.1 Å². The number of H-pyrrole nitrogens is 2. The highest BCUT2D eigenvalue weighted by Crippen LogP contribution is 2.21. The molecule has 0 aliphatic heterocycles. The number of fused-ring (bicyclic) bond motifs is 1. The Morgan fingerprint density at radius 3 is 2.42 bits per heavy atom. The van der Waals surface area contributed by atoms with Gasteiger partial charge in [-0.25, -0.2) is 9.59 Å². The number of rotatable bonds is 4. The molecular formula is C17H18N4O3. The van der Waals surface area contributed by atoms with Crippen molar-refractivity contribution in [3.8, 4) is 5.75 Å². The van der Waals surface area contributed by atoms with Crippen molar-refractivity contribution in [1.29, 1.82) is 0 Å². The standard InChI is InChI=1S/C17H18N4O3/c1-3-24-12-6-4-11(5-7-12)18-16(22)19-13-9-15-14(8-10(13)2)20-17(23)21-15/h4-9H,3H2,1-2H3,(H2,18,19,22)(H2,20,21,23). The van der Waals surface area contributed by atoms with E-state index in [1.165, 1.54) is 0 Å². The van der Waals surface area contributed by atoms with Crippen molar-refractivity contribution in [3.63, 3.8) is 0 Å². The maximum Gasteiger partial charge on any atom is 0.323 e. The summed E-state index contributed by atoms with van der Waals surface area (Å²) >= 11 is 0. The zero-order chi connectivity index (χ0) is 17.1. The van der Waals surface area contributed by atoms with Gasteiger partial charge in [0.05, 0.1) is 17.6 Å². The van der Waals surface area contributed by atoms with Crippen molar-refractivity contribution >= 4 is 28.4 Å². The van der Waals surface area contributed by atoms with Crippen LogP contribution in [0.5, 0.6) is 5.75 Å². The highest BCUT2D eigenvalue weighted by atomic mass is 16.5. The summed E-state index contributed by atoms with van der Waals surface area (Å²) in [5.74, 6) is 0.751. The molecule has 0 saturated carbocycles. The van der Waals surface area contributed by atoms with Gasteiger partial charge in [-0.05, 0) is 55.8 Å². The number of hydrogen-bond donors (Lipinski definition) is 4. The lowest BCUT2D eigenvalue weighted by Crippen LogP contribution is -2.19. The Morgan fingerprint density at radius 1 is 1.08 bits per heavy atom. The topological polar surface area (TPSA) is 99.0 Å². The number of benzene rings is 2. The van der Waals surface area contributed by atoms with Crippen LogP contribution in [0.2, 0.25) is 0 Å². The number of hydrogen-bond acceptors (Lipinski definition) is 3. The number of amides is 2. The van der Waals surface area contributed by atoms with E-state index in [9.17, 15) is 9.59 Å². The summed E-state index contributed by atoms with van der Waals surface area (Å²) in [5.41, 5.74) is 3.20. The Hall–Kier alpha value is -3.22. The molecule has 0 spiro atoms. The number of anilines is 2. The van der Waals surface area contributed by atoms with Crippen LogP contribution in [0.4, 0.5) is 16.2 Å². The lowest BCUT2D eigenvalue weighted by Gasteiger charge is -2.10. The Morgan fingerprint density at radius 2 is 1.75 bits per heavy atom. The fourth-order valence-electron chi connectivity index (χ4n) is 2.41. The molecule has 0 aliphatic rings. The number of imidazole rings is 1. The summed E-state index contributed by atoms with van der Waals surface area (Å²) in [6, 6.07) is 10.3. The monoisotopic (exact) mass is 326 g/mol. The number of urea groups is 1. The number of aromatic nitrogens is 2. The lowest BCUT2D eigenvalue weighted by molar-refractivity contribution is 0.262. The third kappa shape index (κ3) is 3.40. The molecule has 2 aromatic carbocycles. The van der Waals surface area contributed by atoms with Gasteiger partial charge in [0.2, 0.25) is 0 Å². The second-order valence-electron chi connectivity index (χ2n) is 5.33. The van der Waals surface area contributed by atoms with Crippen molar-refractivity contribution in [2.45, 2.75) is 13.8 Å². The van der Waals surface area contributed by atoms with Gasteiger partial charge < -0.3 is 25.3 Å². The molecule has 7 heteroatoms. The van der Waals surface area contributed by atoms with Crippen LogP contribution in [0.25, 0.3) is 11.0 Å². The molecule has 3 aromatic rings. The van der Waals surface area contributed by atoms with Gasteiger partial charge in [-0.2, -0.15) is 0 Å². The number of aromatic amines is 2. The number of carbonyl (C=O) groups excluding carboxylic acids is 1. The average molecular weight is 326 g/mol. The van der Waals surface area contributed by atoms with E-state index in [0.717, 1.165) is 11.3 Å². The molecular weight excluding hydrogens is 308 g/mol. The fourth-order valence-corrected chi connectivity index (χ4v) is 2.41. The number of carbonyl (C=O) groups is 1. The largest absolute Gasteiger partial charge is 0.494 e. The highest BCUT2D eigenvalue weighted by Gasteiger charge is 2.08. The van der Waals surface area contributed by atoms with Crippen molar-refractivity contribution < 1.29 is 9.53 Å². The molecule has 0 unspecified atom stereocenters. The summed E-state index contributed by atoms with van der Waals surface area (Å²) in [5, 5.41) is 5.54. The van der Waals surface area contributed by atoms with Gasteiger partial charge in [-0.15, -0.1) is 0 Å². The Labute approximate surface area is 138 Å². The summed E-state index contributed by atoms with van der Waals surface area (Å²) in [7, 11) is 0. The summed E-state index contributed by atoms with van der Waals surface area (Å²) < 4.78 is 5.36. The Balaban J connectivity index is 1.72. The molecule has 2 amide bonds. The van der Waals surface area contributed by atoms with Gasteiger partial charge >= 0.3 is 11.7 Å². The molecule has 1 aromatic heterocycles. The molecule has 0 saturated heterocycles. The molecule has 24 heavy (non-hydrogen) atoms. The molecule has 0 atom stereocenters. The van der Waals surface area contributed by atoms with Crippen molar-refractivity contribution in [3.05, 3.63) is 52.4 Å². The lowest BCUT2D eigenvalue weighted by atomic mass is 10.2. The molecule has 4 N–H and O–H groups in total. The SMILES string of the molecule is CCOc1ccc(NC(=O)Nc2cc3[nH]c(=O)[nH]c3cc2C)cc1. The van der Waals surface area contributed by atoms with E-state index in [0.29, 0.717) is 29.0 Å². The first-order valence-electron chi connectivity index (χ1n) is 7.58. The predicted octanol–water partition coefficient (Wildman–Crippen LogP) is 3.21. The van der Waals surface area contributed by atoms with Crippen molar-refractivity contribution in [2.24, 2.45) is 0 Å². The zero-order valence-corrected chi connectivity index (χ0v) is 13.4. The van der Waals surface area contributed by atoms with E-state index in [1.54, 1.807) is 36.4 Å². The maximum atomic E-state index is 12.2.